The molecule has 0 heterocycles. The molecule has 0 saturated carbocycles. The smallest absolute Gasteiger partial charge is 0.693 e. The minimum Gasteiger partial charge on any atom is -0.693 e. The fourth-order valence-corrected chi connectivity index (χ4v) is 1.29. The van der Waals surface area contributed by atoms with Crippen LogP contribution in [0.5, 0.6) is 0 Å². The third-order valence-electron chi connectivity index (χ3n) is 2.04. The van der Waals surface area contributed by atoms with Gasteiger partial charge in [-0.15, -0.1) is 0 Å². The standard InChI is InChI=1S/C13H11N2.Cu.H2N/c14-13(11-7-3-1-4-8-11)15-12-9-5-2-6-10-12;;/h1-10H,(H-,14,15);;1H2/q-1;+2;-1. The van der Waals surface area contributed by atoms with Crippen molar-refractivity contribution in [1.82, 2.24) is 0 Å². The molecule has 2 rings (SSSR count). The van der Waals surface area contributed by atoms with Gasteiger partial charge < -0.3 is 16.9 Å². The second-order valence-electron chi connectivity index (χ2n) is 3.16. The molecule has 0 aliphatic heterocycles. The molecule has 0 amide bonds. The van der Waals surface area contributed by atoms with Gasteiger partial charge in [-0.3, -0.25) is 0 Å². The summed E-state index contributed by atoms with van der Waals surface area (Å²) in [5, 5.41) is 0. The largest absolute Gasteiger partial charge is 2.00 e. The Morgan fingerprint density at radius 2 is 1.29 bits per heavy atom. The van der Waals surface area contributed by atoms with Gasteiger partial charge in [0.05, 0.1) is 0 Å². The average Bonchev–Trinajstić information content (AvgIpc) is 2.31. The Balaban J connectivity index is 0.00000128. The molecule has 17 heavy (non-hydrogen) atoms. The quantitative estimate of drug-likeness (QED) is 0.438. The SMILES string of the molecule is [Cu+2].[NH-]C(=Nc1ccccc1)c1ccccc1.[NH2-]. The maximum Gasteiger partial charge on any atom is 2.00 e. The molecule has 3 nitrogen and oxygen atoms in total. The first kappa shape index (κ1) is 15.4. The zero-order valence-corrected chi connectivity index (χ0v) is 10.0. The number of hydrogen-bond donors (Lipinski definition) is 0. The molecule has 0 bridgehead atoms. The van der Waals surface area contributed by atoms with Gasteiger partial charge in [-0.25, -0.2) is 0 Å². The van der Waals surface area contributed by atoms with Gasteiger partial charge in [-0.1, -0.05) is 66.5 Å². The van der Waals surface area contributed by atoms with Gasteiger partial charge in [0.1, 0.15) is 0 Å². The Bertz CT molecular complexity index is 455. The maximum absolute atomic E-state index is 7.80. The van der Waals surface area contributed by atoms with Gasteiger partial charge in [0.15, 0.2) is 0 Å². The minimum absolute atomic E-state index is 0. The predicted molar refractivity (Wildman–Crippen MR) is 68.7 cm³/mol. The average molecular weight is 275 g/mol. The van der Waals surface area contributed by atoms with E-state index >= 15 is 0 Å². The number of amidine groups is 1. The second-order valence-corrected chi connectivity index (χ2v) is 3.16. The van der Waals surface area contributed by atoms with E-state index in [9.17, 15) is 0 Å². The number of nitrogens with two attached hydrogens (primary N) is 1. The molecule has 91 valence electrons. The van der Waals surface area contributed by atoms with E-state index in [1.54, 1.807) is 0 Å². The predicted octanol–water partition coefficient (Wildman–Crippen LogP) is 4.53. The molecular weight excluding hydrogens is 262 g/mol. The van der Waals surface area contributed by atoms with Gasteiger partial charge >= 0.3 is 17.1 Å². The monoisotopic (exact) mass is 274 g/mol. The van der Waals surface area contributed by atoms with Gasteiger partial charge in [-0.2, -0.15) is 0 Å². The number of nitrogens with one attached hydrogen (secondary N) is 1. The van der Waals surface area contributed by atoms with Crippen LogP contribution in [-0.4, -0.2) is 5.84 Å². The summed E-state index contributed by atoms with van der Waals surface area (Å²) in [4.78, 5) is 4.21. The number of rotatable bonds is 2. The summed E-state index contributed by atoms with van der Waals surface area (Å²) < 4.78 is 0. The van der Waals surface area contributed by atoms with E-state index in [0.717, 1.165) is 11.3 Å². The van der Waals surface area contributed by atoms with Gasteiger partial charge in [-0.05, 0) is 11.3 Å². The Morgan fingerprint density at radius 1 is 0.824 bits per heavy atom. The van der Waals surface area contributed by atoms with Crippen LogP contribution < -0.4 is 0 Å². The van der Waals surface area contributed by atoms with Crippen molar-refractivity contribution in [3.8, 4) is 0 Å². The second kappa shape index (κ2) is 7.63. The fraction of sp³-hybridized carbons (Fsp3) is 0. The maximum atomic E-state index is 7.80. The molecule has 0 spiro atoms. The van der Waals surface area contributed by atoms with Crippen LogP contribution in [0.2, 0.25) is 0 Å². The summed E-state index contributed by atoms with van der Waals surface area (Å²) in [5.41, 5.74) is 9.45. The number of para-hydroxylation sites is 1. The molecule has 0 atom stereocenters. The van der Waals surface area contributed by atoms with Crippen molar-refractivity contribution in [3.63, 3.8) is 0 Å². The third kappa shape index (κ3) is 4.41. The number of aliphatic imine (C=N–C) groups is 1. The summed E-state index contributed by atoms with van der Waals surface area (Å²) in [6.07, 6.45) is 0. The summed E-state index contributed by atoms with van der Waals surface area (Å²) in [5.74, 6) is 0.293. The van der Waals surface area contributed by atoms with E-state index in [2.05, 4.69) is 4.99 Å². The molecule has 0 fully saturated rings. The molecule has 0 unspecified atom stereocenters. The molecule has 0 aliphatic rings. The van der Waals surface area contributed by atoms with Gasteiger partial charge in [0.2, 0.25) is 0 Å². The van der Waals surface area contributed by atoms with E-state index in [1.165, 1.54) is 0 Å². The van der Waals surface area contributed by atoms with Gasteiger partial charge in [0.25, 0.3) is 0 Å². The van der Waals surface area contributed by atoms with E-state index in [1.807, 2.05) is 60.7 Å². The first-order valence-electron chi connectivity index (χ1n) is 4.77. The van der Waals surface area contributed by atoms with Crippen molar-refractivity contribution in [3.05, 3.63) is 78.1 Å². The van der Waals surface area contributed by atoms with Crippen LogP contribution in [0.1, 0.15) is 5.56 Å². The molecule has 0 aliphatic carbocycles. The van der Waals surface area contributed by atoms with Crippen molar-refractivity contribution in [2.75, 3.05) is 0 Å². The van der Waals surface area contributed by atoms with Gasteiger partial charge in [0, 0.05) is 0 Å². The van der Waals surface area contributed by atoms with Crippen LogP contribution in [0.15, 0.2) is 65.7 Å². The minimum atomic E-state index is 0. The number of nitrogens with zero attached hydrogens (tertiary/aromatic N) is 1. The molecular formula is C13H13CuN3. The van der Waals surface area contributed by atoms with Crippen molar-refractivity contribution >= 4 is 11.5 Å². The van der Waals surface area contributed by atoms with Crippen LogP contribution in [-0.2, 0) is 17.1 Å². The summed E-state index contributed by atoms with van der Waals surface area (Å²) in [7, 11) is 0. The van der Waals surface area contributed by atoms with Crippen LogP contribution >= 0.6 is 0 Å². The zero-order valence-electron chi connectivity index (χ0n) is 9.10. The Morgan fingerprint density at radius 3 is 1.82 bits per heavy atom. The Kier molecular flexibility index (Phi) is 6.91. The molecule has 0 aromatic heterocycles. The molecule has 0 saturated heterocycles. The van der Waals surface area contributed by atoms with Crippen molar-refractivity contribution < 1.29 is 17.1 Å². The summed E-state index contributed by atoms with van der Waals surface area (Å²) in [6, 6.07) is 19.0. The normalized spacial score (nSPS) is 10.0. The number of benzene rings is 2. The van der Waals surface area contributed by atoms with Crippen LogP contribution in [0.4, 0.5) is 5.69 Å². The Hall–Kier alpha value is -1.61. The first-order valence-corrected chi connectivity index (χ1v) is 4.77. The van der Waals surface area contributed by atoms with Crippen molar-refractivity contribution in [2.24, 2.45) is 4.99 Å². The molecule has 1 radical (unpaired) electrons. The van der Waals surface area contributed by atoms with E-state index in [-0.39, 0.29) is 23.2 Å². The summed E-state index contributed by atoms with van der Waals surface area (Å²) >= 11 is 0. The zero-order chi connectivity index (χ0) is 10.5. The third-order valence-corrected chi connectivity index (χ3v) is 2.04. The topological polar surface area (TPSA) is 69.7 Å². The number of hydrogen-bond acceptors (Lipinski definition) is 1. The van der Waals surface area contributed by atoms with Crippen molar-refractivity contribution in [1.29, 1.82) is 0 Å². The summed E-state index contributed by atoms with van der Waals surface area (Å²) in [6.45, 7) is 0. The van der Waals surface area contributed by atoms with E-state index in [0.29, 0.717) is 5.84 Å². The van der Waals surface area contributed by atoms with E-state index < -0.39 is 0 Å². The van der Waals surface area contributed by atoms with Crippen LogP contribution in [0.25, 0.3) is 11.9 Å². The van der Waals surface area contributed by atoms with Crippen LogP contribution in [0, 0.1) is 0 Å². The van der Waals surface area contributed by atoms with Crippen LogP contribution in [0.3, 0.4) is 0 Å². The molecule has 3 N–H and O–H groups in total. The first-order chi connectivity index (χ1) is 7.36. The molecule has 4 heteroatoms. The molecule has 2 aromatic rings. The molecule has 2 aromatic carbocycles. The van der Waals surface area contributed by atoms with Crippen molar-refractivity contribution in [2.45, 2.75) is 0 Å². The van der Waals surface area contributed by atoms with E-state index in [4.69, 9.17) is 5.73 Å². The Labute approximate surface area is 112 Å². The fourth-order valence-electron chi connectivity index (χ4n) is 1.29.